The second-order valence-electron chi connectivity index (χ2n) is 5.12. The minimum Gasteiger partial charge on any atom is -0.457 e. The molecule has 0 radical (unpaired) electrons. The zero-order valence-corrected chi connectivity index (χ0v) is 13.3. The van der Waals surface area contributed by atoms with Crippen LogP contribution >= 0.6 is 15.9 Å². The standard InChI is InChI=1S/C18H16BrNO/c1-12(20)13-3-2-4-17(10-13)21-18-8-6-14-9-16(19)7-5-15(14)11-18/h2-12H,20H2,1H3. The summed E-state index contributed by atoms with van der Waals surface area (Å²) in [7, 11) is 0. The maximum Gasteiger partial charge on any atom is 0.128 e. The molecule has 0 fully saturated rings. The van der Waals surface area contributed by atoms with Crippen LogP contribution in [-0.4, -0.2) is 0 Å². The van der Waals surface area contributed by atoms with Gasteiger partial charge in [-0.2, -0.15) is 0 Å². The zero-order chi connectivity index (χ0) is 14.8. The first-order chi connectivity index (χ1) is 10.1. The summed E-state index contributed by atoms with van der Waals surface area (Å²) in [5.74, 6) is 1.63. The molecule has 106 valence electrons. The van der Waals surface area contributed by atoms with Crippen molar-refractivity contribution in [1.29, 1.82) is 0 Å². The number of ether oxygens (including phenoxy) is 1. The Bertz CT molecular complexity index is 783. The molecule has 3 heteroatoms. The van der Waals surface area contributed by atoms with Gasteiger partial charge in [0.25, 0.3) is 0 Å². The first-order valence-electron chi connectivity index (χ1n) is 6.84. The number of fused-ring (bicyclic) bond motifs is 1. The van der Waals surface area contributed by atoms with Crippen molar-refractivity contribution in [3.63, 3.8) is 0 Å². The van der Waals surface area contributed by atoms with E-state index in [1.807, 2.05) is 49.4 Å². The van der Waals surface area contributed by atoms with Gasteiger partial charge in [-0.15, -0.1) is 0 Å². The van der Waals surface area contributed by atoms with Crippen LogP contribution < -0.4 is 10.5 Å². The average molecular weight is 342 g/mol. The minimum absolute atomic E-state index is 0.00232. The molecule has 1 unspecified atom stereocenters. The highest BCUT2D eigenvalue weighted by Crippen LogP contribution is 2.28. The Kier molecular flexibility index (Phi) is 3.95. The second kappa shape index (κ2) is 5.88. The Labute approximate surface area is 132 Å². The molecule has 3 rings (SSSR count). The van der Waals surface area contributed by atoms with Gasteiger partial charge in [0.15, 0.2) is 0 Å². The van der Waals surface area contributed by atoms with Crippen molar-refractivity contribution in [1.82, 2.24) is 0 Å². The van der Waals surface area contributed by atoms with Gasteiger partial charge >= 0.3 is 0 Å². The molecule has 21 heavy (non-hydrogen) atoms. The summed E-state index contributed by atoms with van der Waals surface area (Å²) in [5, 5.41) is 2.33. The summed E-state index contributed by atoms with van der Waals surface area (Å²) in [4.78, 5) is 0. The van der Waals surface area contributed by atoms with Gasteiger partial charge < -0.3 is 10.5 Å². The Morgan fingerprint density at radius 3 is 2.43 bits per heavy atom. The van der Waals surface area contributed by atoms with Gasteiger partial charge in [0.2, 0.25) is 0 Å². The Balaban J connectivity index is 1.91. The van der Waals surface area contributed by atoms with Crippen molar-refractivity contribution >= 4 is 26.7 Å². The van der Waals surface area contributed by atoms with Crippen molar-refractivity contribution in [2.75, 3.05) is 0 Å². The molecule has 0 spiro atoms. The molecule has 0 heterocycles. The van der Waals surface area contributed by atoms with E-state index in [-0.39, 0.29) is 6.04 Å². The second-order valence-corrected chi connectivity index (χ2v) is 6.03. The van der Waals surface area contributed by atoms with Gasteiger partial charge in [-0.25, -0.2) is 0 Å². The van der Waals surface area contributed by atoms with E-state index in [1.54, 1.807) is 0 Å². The van der Waals surface area contributed by atoms with Gasteiger partial charge in [0, 0.05) is 10.5 Å². The maximum absolute atomic E-state index is 5.94. The largest absolute Gasteiger partial charge is 0.457 e. The highest BCUT2D eigenvalue weighted by Gasteiger charge is 2.03. The van der Waals surface area contributed by atoms with E-state index >= 15 is 0 Å². The monoisotopic (exact) mass is 341 g/mol. The SMILES string of the molecule is CC(N)c1cccc(Oc2ccc3cc(Br)ccc3c2)c1. The van der Waals surface area contributed by atoms with E-state index in [0.29, 0.717) is 0 Å². The van der Waals surface area contributed by atoms with Crippen LogP contribution in [-0.2, 0) is 0 Å². The normalized spacial score (nSPS) is 12.3. The number of nitrogens with two attached hydrogens (primary N) is 1. The van der Waals surface area contributed by atoms with Crippen molar-refractivity contribution in [3.05, 3.63) is 70.7 Å². The van der Waals surface area contributed by atoms with Crippen LogP contribution in [0.15, 0.2) is 65.1 Å². The number of hydrogen-bond acceptors (Lipinski definition) is 2. The van der Waals surface area contributed by atoms with Crippen LogP contribution in [0.4, 0.5) is 0 Å². The fraction of sp³-hybridized carbons (Fsp3) is 0.111. The molecular weight excluding hydrogens is 326 g/mol. The molecule has 0 aliphatic heterocycles. The fourth-order valence-corrected chi connectivity index (χ4v) is 2.63. The van der Waals surface area contributed by atoms with E-state index in [2.05, 4.69) is 34.1 Å². The summed E-state index contributed by atoms with van der Waals surface area (Å²) in [6.07, 6.45) is 0. The van der Waals surface area contributed by atoms with Crippen LogP contribution in [0.3, 0.4) is 0 Å². The predicted molar refractivity (Wildman–Crippen MR) is 90.8 cm³/mol. The van der Waals surface area contributed by atoms with Crippen molar-refractivity contribution in [3.8, 4) is 11.5 Å². The molecule has 1 atom stereocenters. The third-order valence-corrected chi connectivity index (χ3v) is 3.89. The third-order valence-electron chi connectivity index (χ3n) is 3.39. The predicted octanol–water partition coefficient (Wildman–Crippen LogP) is 5.41. The van der Waals surface area contributed by atoms with Gasteiger partial charge in [-0.3, -0.25) is 0 Å². The highest BCUT2D eigenvalue weighted by atomic mass is 79.9. The molecule has 0 aliphatic carbocycles. The summed E-state index contributed by atoms with van der Waals surface area (Å²) < 4.78 is 7.02. The molecular formula is C18H16BrNO. The molecule has 0 saturated heterocycles. The van der Waals surface area contributed by atoms with E-state index < -0.39 is 0 Å². The van der Waals surface area contributed by atoms with Crippen molar-refractivity contribution in [2.45, 2.75) is 13.0 Å². The lowest BCUT2D eigenvalue weighted by Gasteiger charge is -2.10. The van der Waals surface area contributed by atoms with E-state index in [1.165, 1.54) is 5.39 Å². The maximum atomic E-state index is 5.94. The van der Waals surface area contributed by atoms with Gasteiger partial charge in [0.05, 0.1) is 0 Å². The average Bonchev–Trinajstić information content (AvgIpc) is 2.48. The number of benzene rings is 3. The van der Waals surface area contributed by atoms with Crippen LogP contribution in [0.2, 0.25) is 0 Å². The minimum atomic E-state index is 0.00232. The van der Waals surface area contributed by atoms with Gasteiger partial charge in [-0.05, 0) is 59.7 Å². The first-order valence-corrected chi connectivity index (χ1v) is 7.64. The van der Waals surface area contributed by atoms with Crippen molar-refractivity contribution in [2.24, 2.45) is 5.73 Å². The molecule has 0 aromatic heterocycles. The van der Waals surface area contributed by atoms with E-state index in [4.69, 9.17) is 10.5 Å². The Morgan fingerprint density at radius 2 is 1.62 bits per heavy atom. The Morgan fingerprint density at radius 1 is 0.905 bits per heavy atom. The molecule has 2 N–H and O–H groups in total. The molecule has 3 aromatic carbocycles. The lowest BCUT2D eigenvalue weighted by atomic mass is 10.1. The topological polar surface area (TPSA) is 35.2 Å². The Hall–Kier alpha value is -1.84. The summed E-state index contributed by atoms with van der Waals surface area (Å²) in [6.45, 7) is 1.97. The first kappa shape index (κ1) is 14.1. The van der Waals surface area contributed by atoms with Crippen LogP contribution in [0, 0.1) is 0 Å². The van der Waals surface area contributed by atoms with Gasteiger partial charge in [-0.1, -0.05) is 40.2 Å². The zero-order valence-electron chi connectivity index (χ0n) is 11.7. The summed E-state index contributed by atoms with van der Waals surface area (Å²) in [6, 6.07) is 20.2. The molecule has 0 bridgehead atoms. The highest BCUT2D eigenvalue weighted by molar-refractivity contribution is 9.10. The van der Waals surface area contributed by atoms with Crippen LogP contribution in [0.1, 0.15) is 18.5 Å². The summed E-state index contributed by atoms with van der Waals surface area (Å²) in [5.41, 5.74) is 6.97. The third kappa shape index (κ3) is 3.26. The van der Waals surface area contributed by atoms with Crippen LogP contribution in [0.25, 0.3) is 10.8 Å². The lowest BCUT2D eigenvalue weighted by Crippen LogP contribution is -2.04. The number of hydrogen-bond donors (Lipinski definition) is 1. The van der Waals surface area contributed by atoms with Gasteiger partial charge in [0.1, 0.15) is 11.5 Å². The fourth-order valence-electron chi connectivity index (χ4n) is 2.26. The van der Waals surface area contributed by atoms with E-state index in [0.717, 1.165) is 26.9 Å². The molecule has 0 saturated carbocycles. The smallest absolute Gasteiger partial charge is 0.128 e. The molecule has 0 aliphatic rings. The quantitative estimate of drug-likeness (QED) is 0.690. The van der Waals surface area contributed by atoms with E-state index in [9.17, 15) is 0 Å². The molecule has 3 aromatic rings. The lowest BCUT2D eigenvalue weighted by molar-refractivity contribution is 0.482. The number of rotatable bonds is 3. The van der Waals surface area contributed by atoms with Crippen LogP contribution in [0.5, 0.6) is 11.5 Å². The molecule has 0 amide bonds. The number of halogens is 1. The summed E-state index contributed by atoms with van der Waals surface area (Å²) >= 11 is 3.48. The molecule has 2 nitrogen and oxygen atoms in total. The van der Waals surface area contributed by atoms with Crippen molar-refractivity contribution < 1.29 is 4.74 Å².